The molecule has 0 aliphatic carbocycles. The van der Waals surface area contributed by atoms with Crippen LogP contribution in [0.5, 0.6) is 0 Å². The van der Waals surface area contributed by atoms with E-state index < -0.39 is 17.1 Å². The number of allylic oxidation sites excluding steroid dienone is 1. The van der Waals surface area contributed by atoms with Crippen LogP contribution in [-0.2, 0) is 46.5 Å². The van der Waals surface area contributed by atoms with Crippen LogP contribution in [0, 0.1) is 0 Å². The highest BCUT2D eigenvalue weighted by molar-refractivity contribution is 6.01. The number of para-hydroxylation sites is 1. The Bertz CT molecular complexity index is 1990. The third-order valence-electron chi connectivity index (χ3n) is 10.8. The number of aromatic nitrogens is 1. The SMILES string of the molecule is C/C=C\C(=O)N(C=O)CCC(=O)NCCOC(C)(C)CCOC(C)(C)CCC(=O)NCCN(CC)CCC(=O)NCc1ccc(CN(CCC)c2c(N)c(N)nc3ccccc23)cc1. The highest BCUT2D eigenvalue weighted by atomic mass is 16.5. The van der Waals surface area contributed by atoms with Crippen LogP contribution in [0.3, 0.4) is 0 Å². The number of benzene rings is 2. The van der Waals surface area contributed by atoms with E-state index >= 15 is 0 Å². The number of fused-ring (bicyclic) bond motifs is 1. The van der Waals surface area contributed by atoms with E-state index in [1.807, 2.05) is 71.0 Å². The molecule has 3 aromatic rings. The fourth-order valence-electron chi connectivity index (χ4n) is 6.92. The first-order valence-electron chi connectivity index (χ1n) is 22.5. The highest BCUT2D eigenvalue weighted by Gasteiger charge is 2.24. The van der Waals surface area contributed by atoms with Crippen molar-refractivity contribution in [2.45, 2.75) is 111 Å². The molecule has 352 valence electrons. The minimum atomic E-state index is -0.521. The smallest absolute Gasteiger partial charge is 0.252 e. The number of pyridine rings is 1. The summed E-state index contributed by atoms with van der Waals surface area (Å²) in [5, 5.41) is 9.76. The van der Waals surface area contributed by atoms with E-state index in [0.717, 1.165) is 52.1 Å². The molecular weight excluding hydrogens is 815 g/mol. The number of carbonyl (C=O) groups is 5. The Labute approximate surface area is 379 Å². The zero-order valence-corrected chi connectivity index (χ0v) is 39.2. The monoisotopic (exact) mass is 888 g/mol. The Morgan fingerprint density at radius 3 is 2.06 bits per heavy atom. The van der Waals surface area contributed by atoms with Gasteiger partial charge in [-0.3, -0.25) is 28.9 Å². The minimum Gasteiger partial charge on any atom is -0.394 e. The number of anilines is 3. The van der Waals surface area contributed by atoms with Gasteiger partial charge in [0.05, 0.1) is 41.3 Å². The Hall–Kier alpha value is -5.58. The molecule has 1 aromatic heterocycles. The Morgan fingerprint density at radius 2 is 1.38 bits per heavy atom. The van der Waals surface area contributed by atoms with Crippen LogP contribution in [-0.4, -0.2) is 115 Å². The number of rotatable bonds is 30. The van der Waals surface area contributed by atoms with Crippen LogP contribution in [0.2, 0.25) is 0 Å². The van der Waals surface area contributed by atoms with Gasteiger partial charge in [0, 0.05) is 77.0 Å². The van der Waals surface area contributed by atoms with E-state index in [0.29, 0.717) is 82.9 Å². The number of amides is 5. The van der Waals surface area contributed by atoms with Gasteiger partial charge in [0.1, 0.15) is 5.82 Å². The number of carbonyl (C=O) groups excluding carboxylic acids is 5. The van der Waals surface area contributed by atoms with Gasteiger partial charge in [-0.2, -0.15) is 0 Å². The van der Waals surface area contributed by atoms with Crippen LogP contribution in [0.1, 0.15) is 98.1 Å². The first-order chi connectivity index (χ1) is 30.5. The van der Waals surface area contributed by atoms with E-state index in [4.69, 9.17) is 20.9 Å². The lowest BCUT2D eigenvalue weighted by atomic mass is 10.0. The van der Waals surface area contributed by atoms with Crippen molar-refractivity contribution >= 4 is 58.1 Å². The van der Waals surface area contributed by atoms with Crippen molar-refractivity contribution in [3.05, 3.63) is 71.8 Å². The normalized spacial score (nSPS) is 11.8. The number of likely N-dealkylation sites (N-methyl/N-ethyl adjacent to an activating group) is 1. The predicted molar refractivity (Wildman–Crippen MR) is 254 cm³/mol. The number of nitrogens with one attached hydrogen (secondary N) is 3. The standard InChI is InChI=1S/C48H73N9O7/c1-8-13-43(62)57(35-58)29-22-41(60)52-26-32-64-48(6,7)24-31-63-47(4,5)23-20-40(59)51-25-30-55(10-3)28-21-42(61)53-33-36-16-18-37(19-17-36)34-56(27-9-2)45-38-14-11-12-15-39(38)54-46(50)44(45)49/h8,11-19,35H,9-10,20-34,49H2,1-7H3,(H2,50,54)(H,51,59)(H,52,60)(H,53,61)/b13-8-. The van der Waals surface area contributed by atoms with Crippen LogP contribution >= 0.6 is 0 Å². The summed E-state index contributed by atoms with van der Waals surface area (Å²) < 4.78 is 12.1. The summed E-state index contributed by atoms with van der Waals surface area (Å²) in [7, 11) is 0. The lowest BCUT2D eigenvalue weighted by molar-refractivity contribution is -0.135. The van der Waals surface area contributed by atoms with Gasteiger partial charge in [-0.15, -0.1) is 0 Å². The fourth-order valence-corrected chi connectivity index (χ4v) is 6.92. The zero-order chi connectivity index (χ0) is 47.1. The maximum Gasteiger partial charge on any atom is 0.252 e. The Kier molecular flexibility index (Phi) is 22.2. The molecule has 0 aliphatic heterocycles. The molecule has 0 bridgehead atoms. The van der Waals surface area contributed by atoms with Gasteiger partial charge >= 0.3 is 0 Å². The first-order valence-corrected chi connectivity index (χ1v) is 22.5. The van der Waals surface area contributed by atoms with E-state index in [1.165, 1.54) is 12.2 Å². The summed E-state index contributed by atoms with van der Waals surface area (Å²) in [6.45, 7) is 19.0. The van der Waals surface area contributed by atoms with Gasteiger partial charge in [0.2, 0.25) is 24.1 Å². The van der Waals surface area contributed by atoms with E-state index in [-0.39, 0.29) is 43.8 Å². The van der Waals surface area contributed by atoms with Crippen molar-refractivity contribution in [2.24, 2.45) is 0 Å². The van der Waals surface area contributed by atoms with E-state index in [9.17, 15) is 24.0 Å². The summed E-state index contributed by atoms with van der Waals surface area (Å²) >= 11 is 0. The first kappa shape index (κ1) is 52.8. The zero-order valence-electron chi connectivity index (χ0n) is 39.2. The summed E-state index contributed by atoms with van der Waals surface area (Å²) in [6.07, 6.45) is 5.98. The third-order valence-corrected chi connectivity index (χ3v) is 10.8. The van der Waals surface area contributed by atoms with Crippen molar-refractivity contribution in [3.8, 4) is 0 Å². The average molecular weight is 888 g/mol. The molecule has 0 unspecified atom stereocenters. The second-order valence-corrected chi connectivity index (χ2v) is 17.0. The molecule has 5 amide bonds. The topological polar surface area (TPSA) is 215 Å². The van der Waals surface area contributed by atoms with E-state index in [1.54, 1.807) is 6.92 Å². The van der Waals surface area contributed by atoms with Crippen molar-refractivity contribution < 1.29 is 33.4 Å². The van der Waals surface area contributed by atoms with E-state index in [2.05, 4.69) is 49.8 Å². The lowest BCUT2D eigenvalue weighted by Crippen LogP contribution is -2.38. The number of hydrogen-bond donors (Lipinski definition) is 5. The molecule has 1 heterocycles. The molecule has 0 saturated carbocycles. The molecule has 7 N–H and O–H groups in total. The third kappa shape index (κ3) is 18.6. The number of hydrogen-bond acceptors (Lipinski definition) is 12. The quantitative estimate of drug-likeness (QED) is 0.0337. The summed E-state index contributed by atoms with van der Waals surface area (Å²) in [6, 6.07) is 16.1. The number of nitrogens with zero attached hydrogens (tertiary/aromatic N) is 4. The Morgan fingerprint density at radius 1 is 0.750 bits per heavy atom. The molecule has 16 heteroatoms. The number of nitrogen functional groups attached to an aromatic ring is 2. The molecule has 64 heavy (non-hydrogen) atoms. The van der Waals surface area contributed by atoms with Crippen LogP contribution in [0.25, 0.3) is 10.9 Å². The average Bonchev–Trinajstić information content (AvgIpc) is 3.26. The van der Waals surface area contributed by atoms with Crippen LogP contribution in [0.4, 0.5) is 17.2 Å². The summed E-state index contributed by atoms with van der Waals surface area (Å²) in [5.41, 5.74) is 16.0. The maximum atomic E-state index is 12.8. The van der Waals surface area contributed by atoms with Crippen molar-refractivity contribution in [3.63, 3.8) is 0 Å². The molecule has 0 aliphatic rings. The summed E-state index contributed by atoms with van der Waals surface area (Å²) in [4.78, 5) is 70.4. The molecule has 0 saturated heterocycles. The minimum absolute atomic E-state index is 0.000367. The van der Waals surface area contributed by atoms with Crippen LogP contribution in [0.15, 0.2) is 60.7 Å². The Balaban J connectivity index is 1.29. The largest absolute Gasteiger partial charge is 0.394 e. The lowest BCUT2D eigenvalue weighted by Gasteiger charge is -2.30. The highest BCUT2D eigenvalue weighted by Crippen LogP contribution is 2.36. The number of imide groups is 1. The molecule has 0 fully saturated rings. The van der Waals surface area contributed by atoms with Crippen LogP contribution < -0.4 is 32.3 Å². The molecule has 3 rings (SSSR count). The van der Waals surface area contributed by atoms with Gasteiger partial charge in [0.25, 0.3) is 5.91 Å². The van der Waals surface area contributed by atoms with Gasteiger partial charge in [-0.1, -0.05) is 62.4 Å². The fraction of sp³-hybridized carbons (Fsp3) is 0.542. The molecule has 0 atom stereocenters. The second-order valence-electron chi connectivity index (χ2n) is 17.0. The molecule has 0 radical (unpaired) electrons. The molecular formula is C48H73N9O7. The number of nitrogens with two attached hydrogens (primary N) is 2. The van der Waals surface area contributed by atoms with Crippen molar-refractivity contribution in [1.82, 2.24) is 30.7 Å². The second kappa shape index (κ2) is 26.9. The molecule has 16 nitrogen and oxygen atoms in total. The van der Waals surface area contributed by atoms with Gasteiger partial charge in [0.15, 0.2) is 0 Å². The van der Waals surface area contributed by atoms with Gasteiger partial charge in [-0.05, 0) is 83.7 Å². The summed E-state index contributed by atoms with van der Waals surface area (Å²) in [5.74, 6) is -0.504. The predicted octanol–water partition coefficient (Wildman–Crippen LogP) is 5.09. The van der Waals surface area contributed by atoms with Gasteiger partial charge in [-0.25, -0.2) is 4.98 Å². The van der Waals surface area contributed by atoms with Gasteiger partial charge < -0.3 is 46.7 Å². The van der Waals surface area contributed by atoms with Crippen molar-refractivity contribution in [2.75, 3.05) is 75.4 Å². The van der Waals surface area contributed by atoms with Crippen molar-refractivity contribution in [1.29, 1.82) is 0 Å². The molecule has 0 spiro atoms. The maximum absolute atomic E-state index is 12.8. The molecule has 2 aromatic carbocycles. The number of ether oxygens (including phenoxy) is 2.